The average molecular weight is 442 g/mol. The molecule has 2 aliphatic rings. The van der Waals surface area contributed by atoms with E-state index in [0.717, 1.165) is 17.7 Å². The van der Waals surface area contributed by atoms with Crippen LogP contribution in [0, 0.1) is 5.92 Å². The molecule has 1 aliphatic carbocycles. The summed E-state index contributed by atoms with van der Waals surface area (Å²) in [5, 5.41) is 5.27. The largest absolute Gasteiger partial charge is 0.325 e. The van der Waals surface area contributed by atoms with Crippen molar-refractivity contribution in [2.24, 2.45) is 5.92 Å². The number of sulfonamides is 1. The van der Waals surface area contributed by atoms with Crippen molar-refractivity contribution < 1.29 is 22.8 Å². The Morgan fingerprint density at radius 2 is 1.68 bits per heavy atom. The molecule has 2 aromatic carbocycles. The first kappa shape index (κ1) is 20.9. The van der Waals surface area contributed by atoms with Gasteiger partial charge in [0.1, 0.15) is 12.1 Å². The summed E-state index contributed by atoms with van der Waals surface area (Å²) < 4.78 is 27.7. The standard InChI is InChI=1S/C21H22N4O5S/c1-21(14-11-12-14)19(27)25(20(28)23-21)13-18(26)22-16-9-5-6-10-17(16)24-31(29,30)15-7-3-2-4-8-15/h2-10,14,24H,11-13H2,1H3,(H,22,26)(H,23,28). The van der Waals surface area contributed by atoms with Crippen molar-refractivity contribution in [2.75, 3.05) is 16.6 Å². The monoisotopic (exact) mass is 442 g/mol. The van der Waals surface area contributed by atoms with E-state index in [1.165, 1.54) is 24.3 Å². The SMILES string of the molecule is CC1(C2CC2)NC(=O)N(CC(=O)Nc2ccccc2NS(=O)(=O)c2ccccc2)C1=O. The number of benzene rings is 2. The van der Waals surface area contributed by atoms with Gasteiger partial charge in [0.05, 0.1) is 16.3 Å². The Morgan fingerprint density at radius 1 is 1.06 bits per heavy atom. The van der Waals surface area contributed by atoms with E-state index >= 15 is 0 Å². The van der Waals surface area contributed by atoms with Gasteiger partial charge >= 0.3 is 6.03 Å². The number of rotatable bonds is 7. The number of hydrogen-bond acceptors (Lipinski definition) is 5. The van der Waals surface area contributed by atoms with Crippen LogP contribution in [0.2, 0.25) is 0 Å². The lowest BCUT2D eigenvalue weighted by atomic mass is 9.96. The first-order valence-electron chi connectivity index (χ1n) is 9.81. The molecule has 2 fully saturated rings. The van der Waals surface area contributed by atoms with Crippen LogP contribution >= 0.6 is 0 Å². The molecule has 1 atom stereocenters. The van der Waals surface area contributed by atoms with E-state index < -0.39 is 40.0 Å². The summed E-state index contributed by atoms with van der Waals surface area (Å²) in [5.74, 6) is -0.951. The Kier molecular flexibility index (Phi) is 5.18. The highest BCUT2D eigenvalue weighted by Gasteiger charge is 2.56. The van der Waals surface area contributed by atoms with Crippen molar-refractivity contribution in [3.8, 4) is 0 Å². The number of carbonyl (C=O) groups is 3. The fourth-order valence-corrected chi connectivity index (χ4v) is 4.72. The van der Waals surface area contributed by atoms with Crippen molar-refractivity contribution in [1.29, 1.82) is 0 Å². The Labute approximate surface area is 179 Å². The van der Waals surface area contributed by atoms with Gasteiger partial charge in [-0.25, -0.2) is 13.2 Å². The molecule has 2 aromatic rings. The average Bonchev–Trinajstić information content (AvgIpc) is 3.56. The summed E-state index contributed by atoms with van der Waals surface area (Å²) in [7, 11) is -3.86. The molecule has 1 heterocycles. The number of anilines is 2. The molecule has 1 saturated heterocycles. The molecule has 0 spiro atoms. The Morgan fingerprint density at radius 3 is 2.32 bits per heavy atom. The van der Waals surface area contributed by atoms with Crippen molar-refractivity contribution in [3.63, 3.8) is 0 Å². The van der Waals surface area contributed by atoms with E-state index in [2.05, 4.69) is 15.4 Å². The molecule has 1 saturated carbocycles. The molecule has 10 heteroatoms. The number of urea groups is 1. The minimum atomic E-state index is -3.86. The van der Waals surface area contributed by atoms with Crippen LogP contribution in [0.1, 0.15) is 19.8 Å². The van der Waals surface area contributed by atoms with Gasteiger partial charge in [-0.05, 0) is 49.9 Å². The number of nitrogens with zero attached hydrogens (tertiary/aromatic N) is 1. The highest BCUT2D eigenvalue weighted by molar-refractivity contribution is 7.92. The van der Waals surface area contributed by atoms with Gasteiger partial charge in [0, 0.05) is 0 Å². The molecule has 9 nitrogen and oxygen atoms in total. The summed E-state index contributed by atoms with van der Waals surface area (Å²) in [6, 6.07) is 13.5. The van der Waals surface area contributed by atoms with Crippen molar-refractivity contribution in [1.82, 2.24) is 10.2 Å². The van der Waals surface area contributed by atoms with E-state index in [1.807, 2.05) is 0 Å². The summed E-state index contributed by atoms with van der Waals surface area (Å²) >= 11 is 0. The van der Waals surface area contributed by atoms with Crippen molar-refractivity contribution in [3.05, 3.63) is 54.6 Å². The molecule has 4 amide bonds. The van der Waals surface area contributed by atoms with Gasteiger partial charge in [-0.3, -0.25) is 19.2 Å². The fourth-order valence-electron chi connectivity index (χ4n) is 3.61. The van der Waals surface area contributed by atoms with Crippen LogP contribution in [-0.4, -0.2) is 43.2 Å². The normalized spacial score (nSPS) is 21.0. The molecule has 0 aromatic heterocycles. The second kappa shape index (κ2) is 7.69. The fraction of sp³-hybridized carbons (Fsp3) is 0.286. The van der Waals surface area contributed by atoms with Crippen molar-refractivity contribution in [2.45, 2.75) is 30.2 Å². The quantitative estimate of drug-likeness (QED) is 0.567. The number of imide groups is 1. The molecule has 31 heavy (non-hydrogen) atoms. The van der Waals surface area contributed by atoms with E-state index in [9.17, 15) is 22.8 Å². The van der Waals surface area contributed by atoms with Gasteiger partial charge in [-0.1, -0.05) is 30.3 Å². The smallest absolute Gasteiger partial charge is 0.323 e. The minimum absolute atomic E-state index is 0.0785. The molecule has 3 N–H and O–H groups in total. The third-order valence-corrected chi connectivity index (χ3v) is 6.88. The van der Waals surface area contributed by atoms with Crippen LogP contribution in [0.15, 0.2) is 59.5 Å². The summed E-state index contributed by atoms with van der Waals surface area (Å²) in [5.41, 5.74) is -0.593. The first-order valence-corrected chi connectivity index (χ1v) is 11.3. The van der Waals surface area contributed by atoms with Gasteiger partial charge in [-0.2, -0.15) is 0 Å². The second-order valence-corrected chi connectivity index (χ2v) is 9.49. The van der Waals surface area contributed by atoms with Gasteiger partial charge < -0.3 is 10.6 Å². The zero-order valence-electron chi connectivity index (χ0n) is 16.8. The Hall–Kier alpha value is -3.40. The molecule has 1 unspecified atom stereocenters. The van der Waals surface area contributed by atoms with E-state index in [1.54, 1.807) is 37.3 Å². The lowest BCUT2D eigenvalue weighted by molar-refractivity contribution is -0.134. The van der Waals surface area contributed by atoms with Crippen LogP contribution in [0.25, 0.3) is 0 Å². The maximum absolute atomic E-state index is 12.7. The Bertz CT molecular complexity index is 1150. The summed E-state index contributed by atoms with van der Waals surface area (Å²) in [6.45, 7) is 1.21. The van der Waals surface area contributed by atoms with Gasteiger partial charge in [0.25, 0.3) is 15.9 Å². The molecule has 4 rings (SSSR count). The Balaban J connectivity index is 1.47. The lowest BCUT2D eigenvalue weighted by Crippen LogP contribution is -2.46. The van der Waals surface area contributed by atoms with Gasteiger partial charge in [-0.15, -0.1) is 0 Å². The molecular formula is C21H22N4O5S. The highest BCUT2D eigenvalue weighted by Crippen LogP contribution is 2.42. The number of para-hydroxylation sites is 2. The maximum atomic E-state index is 12.7. The third kappa shape index (κ3) is 4.11. The molecular weight excluding hydrogens is 420 g/mol. The number of carbonyl (C=O) groups excluding carboxylic acids is 3. The predicted molar refractivity (Wildman–Crippen MR) is 114 cm³/mol. The minimum Gasteiger partial charge on any atom is -0.323 e. The van der Waals surface area contributed by atoms with E-state index in [0.29, 0.717) is 0 Å². The molecule has 0 radical (unpaired) electrons. The van der Waals surface area contributed by atoms with Crippen LogP contribution in [-0.2, 0) is 19.6 Å². The lowest BCUT2D eigenvalue weighted by Gasteiger charge is -2.21. The van der Waals surface area contributed by atoms with Crippen LogP contribution in [0.4, 0.5) is 16.2 Å². The summed E-state index contributed by atoms with van der Waals surface area (Å²) in [4.78, 5) is 38.5. The molecule has 162 valence electrons. The number of hydrogen-bond donors (Lipinski definition) is 3. The van der Waals surface area contributed by atoms with Crippen LogP contribution in [0.3, 0.4) is 0 Å². The topological polar surface area (TPSA) is 125 Å². The van der Waals surface area contributed by atoms with Crippen molar-refractivity contribution >= 4 is 39.2 Å². The van der Waals surface area contributed by atoms with E-state index in [-0.39, 0.29) is 22.2 Å². The zero-order valence-corrected chi connectivity index (χ0v) is 17.6. The summed E-state index contributed by atoms with van der Waals surface area (Å²) in [6.07, 6.45) is 1.72. The van der Waals surface area contributed by atoms with E-state index in [4.69, 9.17) is 0 Å². The second-order valence-electron chi connectivity index (χ2n) is 7.81. The highest BCUT2D eigenvalue weighted by atomic mass is 32.2. The molecule has 0 bridgehead atoms. The zero-order chi connectivity index (χ0) is 22.2. The number of nitrogens with one attached hydrogen (secondary N) is 3. The number of amides is 4. The van der Waals surface area contributed by atoms with Gasteiger partial charge in [0.2, 0.25) is 5.91 Å². The molecule has 1 aliphatic heterocycles. The van der Waals surface area contributed by atoms with Crippen LogP contribution in [0.5, 0.6) is 0 Å². The third-order valence-electron chi connectivity index (χ3n) is 5.50. The van der Waals surface area contributed by atoms with Gasteiger partial charge in [0.15, 0.2) is 0 Å². The van der Waals surface area contributed by atoms with Crippen LogP contribution < -0.4 is 15.4 Å². The predicted octanol–water partition coefficient (Wildman–Crippen LogP) is 2.15. The first-order chi connectivity index (χ1) is 14.7. The maximum Gasteiger partial charge on any atom is 0.325 e.